The Bertz CT molecular complexity index is 580. The number of methoxy groups -OCH3 is 1. The Labute approximate surface area is 132 Å². The summed E-state index contributed by atoms with van der Waals surface area (Å²) in [6.07, 6.45) is 4.97. The molecule has 1 aromatic carbocycles. The number of nitrogens with one attached hydrogen (secondary N) is 1. The normalized spacial score (nSPS) is 17.7. The Morgan fingerprint density at radius 1 is 1.14 bits per heavy atom. The quantitative estimate of drug-likeness (QED) is 0.941. The zero-order valence-electron chi connectivity index (χ0n) is 13.0. The molecular weight excluding hydrogens is 274 g/mol. The fourth-order valence-corrected chi connectivity index (χ4v) is 3.09. The van der Waals surface area contributed by atoms with Crippen LogP contribution in [0.25, 0.3) is 0 Å². The smallest absolute Gasteiger partial charge is 0.119 e. The number of ether oxygens (including phenoxy) is 1. The van der Waals surface area contributed by atoms with E-state index in [0.717, 1.165) is 31.9 Å². The maximum atomic E-state index is 5.41. The van der Waals surface area contributed by atoms with Crippen molar-refractivity contribution in [2.45, 2.75) is 12.5 Å². The summed E-state index contributed by atoms with van der Waals surface area (Å²) in [4.78, 5) is 6.85. The minimum Gasteiger partial charge on any atom is -0.497 e. The predicted molar refractivity (Wildman–Crippen MR) is 88.1 cm³/mol. The second kappa shape index (κ2) is 7.38. The molecule has 3 rings (SSSR count). The summed E-state index contributed by atoms with van der Waals surface area (Å²) in [7, 11) is 1.72. The number of aromatic nitrogens is 1. The summed E-state index contributed by atoms with van der Waals surface area (Å²) < 4.78 is 5.41. The van der Waals surface area contributed by atoms with Crippen molar-refractivity contribution < 1.29 is 4.74 Å². The zero-order valence-corrected chi connectivity index (χ0v) is 13.0. The molecule has 1 fully saturated rings. The number of rotatable bonds is 4. The highest BCUT2D eigenvalue weighted by atomic mass is 16.5. The van der Waals surface area contributed by atoms with Crippen LogP contribution in [0.1, 0.15) is 23.6 Å². The highest BCUT2D eigenvalue weighted by molar-refractivity contribution is 5.36. The fraction of sp³-hybridized carbons (Fsp3) is 0.389. The first-order chi connectivity index (χ1) is 10.9. The molecule has 0 bridgehead atoms. The molecule has 1 saturated heterocycles. The molecule has 4 heteroatoms. The maximum absolute atomic E-state index is 5.41. The largest absolute Gasteiger partial charge is 0.497 e. The fourth-order valence-electron chi connectivity index (χ4n) is 3.09. The third kappa shape index (κ3) is 3.46. The van der Waals surface area contributed by atoms with Gasteiger partial charge in [0.25, 0.3) is 0 Å². The van der Waals surface area contributed by atoms with Gasteiger partial charge in [0.2, 0.25) is 0 Å². The van der Waals surface area contributed by atoms with Crippen molar-refractivity contribution in [3.05, 3.63) is 59.9 Å². The molecule has 0 aliphatic carbocycles. The minimum atomic E-state index is 0.226. The van der Waals surface area contributed by atoms with Crippen molar-refractivity contribution in [3.8, 4) is 5.75 Å². The van der Waals surface area contributed by atoms with Crippen LogP contribution in [-0.2, 0) is 0 Å². The van der Waals surface area contributed by atoms with Crippen LogP contribution in [0.2, 0.25) is 0 Å². The van der Waals surface area contributed by atoms with Gasteiger partial charge < -0.3 is 10.1 Å². The minimum absolute atomic E-state index is 0.226. The van der Waals surface area contributed by atoms with E-state index in [0.29, 0.717) is 0 Å². The summed E-state index contributed by atoms with van der Waals surface area (Å²) in [5.74, 6) is 0.902. The van der Waals surface area contributed by atoms with Crippen molar-refractivity contribution in [1.29, 1.82) is 0 Å². The molecule has 0 saturated carbocycles. The topological polar surface area (TPSA) is 37.4 Å². The number of benzene rings is 1. The number of pyridine rings is 1. The SMILES string of the molecule is COc1cccc(C(c2cccnc2)N2CCCNCC2)c1. The van der Waals surface area contributed by atoms with Gasteiger partial charge in [-0.05, 0) is 42.3 Å². The van der Waals surface area contributed by atoms with E-state index in [4.69, 9.17) is 4.74 Å². The Hall–Kier alpha value is -1.91. The lowest BCUT2D eigenvalue weighted by atomic mass is 9.98. The van der Waals surface area contributed by atoms with Crippen LogP contribution in [-0.4, -0.2) is 43.2 Å². The van der Waals surface area contributed by atoms with E-state index >= 15 is 0 Å². The van der Waals surface area contributed by atoms with Gasteiger partial charge in [0, 0.05) is 32.0 Å². The van der Waals surface area contributed by atoms with E-state index in [9.17, 15) is 0 Å². The zero-order chi connectivity index (χ0) is 15.2. The second-order valence-corrected chi connectivity index (χ2v) is 5.61. The predicted octanol–water partition coefficient (Wildman–Crippen LogP) is 2.47. The van der Waals surface area contributed by atoms with Gasteiger partial charge >= 0.3 is 0 Å². The summed E-state index contributed by atoms with van der Waals surface area (Å²) >= 11 is 0. The van der Waals surface area contributed by atoms with Crippen molar-refractivity contribution in [1.82, 2.24) is 15.2 Å². The van der Waals surface area contributed by atoms with Crippen LogP contribution in [0.3, 0.4) is 0 Å². The monoisotopic (exact) mass is 297 g/mol. The van der Waals surface area contributed by atoms with Gasteiger partial charge in [0.15, 0.2) is 0 Å². The van der Waals surface area contributed by atoms with E-state index in [-0.39, 0.29) is 6.04 Å². The lowest BCUT2D eigenvalue weighted by molar-refractivity contribution is 0.240. The van der Waals surface area contributed by atoms with Crippen LogP contribution in [0.4, 0.5) is 0 Å². The van der Waals surface area contributed by atoms with Crippen LogP contribution in [0, 0.1) is 0 Å². The third-order valence-electron chi connectivity index (χ3n) is 4.15. The molecule has 1 unspecified atom stereocenters. The Morgan fingerprint density at radius 3 is 2.86 bits per heavy atom. The molecule has 0 spiro atoms. The number of hydrogen-bond acceptors (Lipinski definition) is 4. The summed E-state index contributed by atoms with van der Waals surface area (Å²) in [5.41, 5.74) is 2.49. The highest BCUT2D eigenvalue weighted by Crippen LogP contribution is 2.30. The molecule has 116 valence electrons. The van der Waals surface area contributed by atoms with Crippen LogP contribution < -0.4 is 10.1 Å². The van der Waals surface area contributed by atoms with E-state index < -0.39 is 0 Å². The first kappa shape index (κ1) is 15.0. The van der Waals surface area contributed by atoms with E-state index in [1.807, 2.05) is 24.5 Å². The molecule has 4 nitrogen and oxygen atoms in total. The van der Waals surface area contributed by atoms with Crippen molar-refractivity contribution >= 4 is 0 Å². The molecule has 1 atom stereocenters. The number of hydrogen-bond donors (Lipinski definition) is 1. The van der Waals surface area contributed by atoms with Crippen LogP contribution in [0.15, 0.2) is 48.8 Å². The molecule has 2 aromatic rings. The third-order valence-corrected chi connectivity index (χ3v) is 4.15. The summed E-state index contributed by atoms with van der Waals surface area (Å²) in [6, 6.07) is 12.8. The van der Waals surface area contributed by atoms with Gasteiger partial charge in [-0.2, -0.15) is 0 Å². The van der Waals surface area contributed by atoms with Crippen LogP contribution >= 0.6 is 0 Å². The molecule has 2 heterocycles. The van der Waals surface area contributed by atoms with Gasteiger partial charge in [-0.25, -0.2) is 0 Å². The standard InChI is InChI=1S/C18H23N3O/c1-22-17-7-2-5-15(13-17)18(16-6-3-8-20-14-16)21-11-4-9-19-10-12-21/h2-3,5-8,13-14,18-19H,4,9-12H2,1H3. The van der Waals surface area contributed by atoms with Gasteiger partial charge in [-0.3, -0.25) is 9.88 Å². The van der Waals surface area contributed by atoms with Gasteiger partial charge in [-0.1, -0.05) is 18.2 Å². The van der Waals surface area contributed by atoms with Crippen LogP contribution in [0.5, 0.6) is 5.75 Å². The summed E-state index contributed by atoms with van der Waals surface area (Å²) in [5, 5.41) is 3.48. The molecule has 1 N–H and O–H groups in total. The molecule has 0 amide bonds. The average Bonchev–Trinajstić information content (AvgIpc) is 2.86. The molecular formula is C18H23N3O. The lowest BCUT2D eigenvalue weighted by Crippen LogP contribution is -2.33. The molecule has 22 heavy (non-hydrogen) atoms. The van der Waals surface area contributed by atoms with Gasteiger partial charge in [0.1, 0.15) is 5.75 Å². The molecule has 1 aliphatic rings. The average molecular weight is 297 g/mol. The maximum Gasteiger partial charge on any atom is 0.119 e. The number of nitrogens with zero attached hydrogens (tertiary/aromatic N) is 2. The molecule has 1 aliphatic heterocycles. The first-order valence-corrected chi connectivity index (χ1v) is 7.87. The van der Waals surface area contributed by atoms with Gasteiger partial charge in [0.05, 0.1) is 13.2 Å². The second-order valence-electron chi connectivity index (χ2n) is 5.61. The van der Waals surface area contributed by atoms with E-state index in [2.05, 4.69) is 39.5 Å². The van der Waals surface area contributed by atoms with Crippen molar-refractivity contribution in [2.24, 2.45) is 0 Å². The Balaban J connectivity index is 1.98. The highest BCUT2D eigenvalue weighted by Gasteiger charge is 2.23. The Kier molecular flexibility index (Phi) is 5.03. The lowest BCUT2D eigenvalue weighted by Gasteiger charge is -2.31. The van der Waals surface area contributed by atoms with E-state index in [1.165, 1.54) is 17.5 Å². The Morgan fingerprint density at radius 2 is 2.05 bits per heavy atom. The van der Waals surface area contributed by atoms with Gasteiger partial charge in [-0.15, -0.1) is 0 Å². The molecule has 0 radical (unpaired) electrons. The molecule has 1 aromatic heterocycles. The van der Waals surface area contributed by atoms with E-state index in [1.54, 1.807) is 7.11 Å². The first-order valence-electron chi connectivity index (χ1n) is 7.87. The van der Waals surface area contributed by atoms with Crippen molar-refractivity contribution in [3.63, 3.8) is 0 Å². The van der Waals surface area contributed by atoms with Crippen molar-refractivity contribution in [2.75, 3.05) is 33.3 Å². The summed E-state index contributed by atoms with van der Waals surface area (Å²) in [6.45, 7) is 4.25.